The first kappa shape index (κ1) is 14.5. The van der Waals surface area contributed by atoms with Crippen molar-refractivity contribution in [1.82, 2.24) is 0 Å². The highest BCUT2D eigenvalue weighted by Crippen LogP contribution is 2.25. The monoisotopic (exact) mass is 296 g/mol. The van der Waals surface area contributed by atoms with Gasteiger partial charge < -0.3 is 4.74 Å². The number of rotatable bonds is 3. The lowest BCUT2D eigenvalue weighted by Crippen LogP contribution is -2.08. The van der Waals surface area contributed by atoms with Crippen molar-refractivity contribution in [3.05, 3.63) is 63.7 Å². The lowest BCUT2D eigenvalue weighted by molar-refractivity contribution is 0.103. The number of ether oxygens (including phenoxy) is 1. The van der Waals surface area contributed by atoms with Crippen LogP contribution in [-0.4, -0.2) is 12.9 Å². The highest BCUT2D eigenvalue weighted by molar-refractivity contribution is 6.31. The summed E-state index contributed by atoms with van der Waals surface area (Å²) in [6, 6.07) is 6.42. The number of aryl methyl sites for hydroxylation is 1. The number of methoxy groups -OCH3 is 1. The molecule has 2 aromatic rings. The average molecular weight is 297 g/mol. The highest BCUT2D eigenvalue weighted by Gasteiger charge is 2.21. The molecule has 0 aromatic heterocycles. The van der Waals surface area contributed by atoms with Gasteiger partial charge in [-0.05, 0) is 18.6 Å². The van der Waals surface area contributed by atoms with Crippen molar-refractivity contribution in [2.75, 3.05) is 7.11 Å². The van der Waals surface area contributed by atoms with Crippen molar-refractivity contribution >= 4 is 17.4 Å². The lowest BCUT2D eigenvalue weighted by atomic mass is 10.0. The van der Waals surface area contributed by atoms with Crippen LogP contribution in [0, 0.1) is 18.6 Å². The second kappa shape index (κ2) is 5.59. The van der Waals surface area contributed by atoms with E-state index < -0.39 is 23.0 Å². The largest absolute Gasteiger partial charge is 0.497 e. The normalized spacial score (nSPS) is 10.4. The van der Waals surface area contributed by atoms with Crippen LogP contribution in [0.1, 0.15) is 21.5 Å². The third kappa shape index (κ3) is 2.65. The van der Waals surface area contributed by atoms with Gasteiger partial charge in [-0.1, -0.05) is 23.7 Å². The van der Waals surface area contributed by atoms with Crippen LogP contribution in [0.3, 0.4) is 0 Å². The number of ketones is 1. The van der Waals surface area contributed by atoms with Crippen LogP contribution < -0.4 is 4.74 Å². The van der Waals surface area contributed by atoms with E-state index in [1.807, 2.05) is 0 Å². The van der Waals surface area contributed by atoms with Crippen molar-refractivity contribution in [3.8, 4) is 5.75 Å². The Hall–Kier alpha value is -1.94. The van der Waals surface area contributed by atoms with E-state index in [9.17, 15) is 13.6 Å². The van der Waals surface area contributed by atoms with Gasteiger partial charge in [-0.3, -0.25) is 4.79 Å². The van der Waals surface area contributed by atoms with Gasteiger partial charge in [0.05, 0.1) is 12.7 Å². The van der Waals surface area contributed by atoms with Crippen LogP contribution in [-0.2, 0) is 0 Å². The van der Waals surface area contributed by atoms with Gasteiger partial charge in [0.25, 0.3) is 0 Å². The molecular weight excluding hydrogens is 286 g/mol. The Bertz CT molecular complexity index is 661. The first-order valence-electron chi connectivity index (χ1n) is 5.78. The van der Waals surface area contributed by atoms with E-state index in [-0.39, 0.29) is 11.3 Å². The number of hydrogen-bond donors (Lipinski definition) is 0. The predicted octanol–water partition coefficient (Wildman–Crippen LogP) is 4.17. The molecule has 0 saturated heterocycles. The van der Waals surface area contributed by atoms with Crippen molar-refractivity contribution in [2.45, 2.75) is 6.92 Å². The molecule has 0 bridgehead atoms. The summed E-state index contributed by atoms with van der Waals surface area (Å²) in [5, 5.41) is 0.366. The maximum atomic E-state index is 13.8. The first-order chi connectivity index (χ1) is 9.43. The SMILES string of the molecule is COc1cc(F)c(C(=O)c2ccc(C)c(Cl)c2)c(F)c1. The topological polar surface area (TPSA) is 26.3 Å². The van der Waals surface area contributed by atoms with Gasteiger partial charge in [-0.25, -0.2) is 8.78 Å². The Morgan fingerprint density at radius 3 is 2.25 bits per heavy atom. The zero-order chi connectivity index (χ0) is 14.9. The van der Waals surface area contributed by atoms with E-state index in [1.54, 1.807) is 13.0 Å². The summed E-state index contributed by atoms with van der Waals surface area (Å²) < 4.78 is 32.4. The highest BCUT2D eigenvalue weighted by atomic mass is 35.5. The summed E-state index contributed by atoms with van der Waals surface area (Å²) in [4.78, 5) is 12.2. The molecule has 0 spiro atoms. The molecule has 20 heavy (non-hydrogen) atoms. The standard InChI is InChI=1S/C15H11ClF2O2/c1-8-3-4-9(5-11(8)16)15(19)14-12(17)6-10(20-2)7-13(14)18/h3-7H,1-2H3. The Morgan fingerprint density at radius 1 is 1.15 bits per heavy atom. The van der Waals surface area contributed by atoms with Gasteiger partial charge in [-0.15, -0.1) is 0 Å². The molecule has 0 aliphatic carbocycles. The molecule has 2 aromatic carbocycles. The van der Waals surface area contributed by atoms with E-state index in [4.69, 9.17) is 16.3 Å². The van der Waals surface area contributed by atoms with E-state index in [2.05, 4.69) is 0 Å². The number of hydrogen-bond acceptors (Lipinski definition) is 2. The number of carbonyl (C=O) groups excluding carboxylic acids is 1. The summed E-state index contributed by atoms with van der Waals surface area (Å²) in [6.07, 6.45) is 0. The minimum atomic E-state index is -0.969. The van der Waals surface area contributed by atoms with E-state index >= 15 is 0 Å². The van der Waals surface area contributed by atoms with Crippen molar-refractivity contribution in [2.24, 2.45) is 0 Å². The third-order valence-electron chi connectivity index (χ3n) is 2.91. The summed E-state index contributed by atoms with van der Waals surface area (Å²) in [5.41, 5.74) is 0.285. The van der Waals surface area contributed by atoms with Crippen LogP contribution >= 0.6 is 11.6 Å². The van der Waals surface area contributed by atoms with Gasteiger partial charge in [0.15, 0.2) is 5.78 Å². The van der Waals surface area contributed by atoms with Gasteiger partial charge in [-0.2, -0.15) is 0 Å². The van der Waals surface area contributed by atoms with Crippen LogP contribution in [0.15, 0.2) is 30.3 Å². The van der Waals surface area contributed by atoms with Gasteiger partial charge in [0.1, 0.15) is 17.4 Å². The van der Waals surface area contributed by atoms with Crippen LogP contribution in [0.4, 0.5) is 8.78 Å². The van der Waals surface area contributed by atoms with E-state index in [0.29, 0.717) is 5.02 Å². The van der Waals surface area contributed by atoms with Crippen molar-refractivity contribution in [3.63, 3.8) is 0 Å². The number of benzene rings is 2. The summed E-state index contributed by atoms with van der Waals surface area (Å²) in [7, 11) is 1.29. The third-order valence-corrected chi connectivity index (χ3v) is 3.32. The Labute approximate surface area is 119 Å². The molecule has 0 aliphatic heterocycles. The fraction of sp³-hybridized carbons (Fsp3) is 0.133. The molecular formula is C15H11ClF2O2. The smallest absolute Gasteiger partial charge is 0.198 e. The molecule has 2 nitrogen and oxygen atoms in total. The zero-order valence-corrected chi connectivity index (χ0v) is 11.6. The molecule has 0 saturated carbocycles. The quantitative estimate of drug-likeness (QED) is 0.795. The molecule has 0 N–H and O–H groups in total. The maximum absolute atomic E-state index is 13.8. The molecule has 104 valence electrons. The average Bonchev–Trinajstić information content (AvgIpc) is 2.40. The summed E-state index contributed by atoms with van der Waals surface area (Å²) in [5.74, 6) is -2.69. The fourth-order valence-electron chi connectivity index (χ4n) is 1.76. The first-order valence-corrected chi connectivity index (χ1v) is 6.15. The predicted molar refractivity (Wildman–Crippen MR) is 72.5 cm³/mol. The van der Waals surface area contributed by atoms with Gasteiger partial charge in [0, 0.05) is 22.7 Å². The lowest BCUT2D eigenvalue weighted by Gasteiger charge is -2.08. The molecule has 0 heterocycles. The van der Waals surface area contributed by atoms with Crippen molar-refractivity contribution < 1.29 is 18.3 Å². The maximum Gasteiger partial charge on any atom is 0.198 e. The molecule has 0 aliphatic rings. The minimum absolute atomic E-state index is 0.0125. The fourth-order valence-corrected chi connectivity index (χ4v) is 1.94. The van der Waals surface area contributed by atoms with Gasteiger partial charge in [0.2, 0.25) is 0 Å². The summed E-state index contributed by atoms with van der Waals surface area (Å²) >= 11 is 5.91. The molecule has 0 radical (unpaired) electrons. The summed E-state index contributed by atoms with van der Waals surface area (Å²) in [6.45, 7) is 1.77. The number of carbonyl (C=O) groups is 1. The van der Waals surface area contributed by atoms with Crippen LogP contribution in [0.2, 0.25) is 5.02 Å². The Kier molecular flexibility index (Phi) is 4.04. The second-order valence-electron chi connectivity index (χ2n) is 4.26. The zero-order valence-electron chi connectivity index (χ0n) is 10.8. The van der Waals surface area contributed by atoms with Crippen LogP contribution in [0.5, 0.6) is 5.75 Å². The number of halogens is 3. The van der Waals surface area contributed by atoms with Crippen molar-refractivity contribution in [1.29, 1.82) is 0 Å². The second-order valence-corrected chi connectivity index (χ2v) is 4.67. The molecule has 0 unspecified atom stereocenters. The molecule has 0 fully saturated rings. The molecule has 0 atom stereocenters. The molecule has 0 amide bonds. The van der Waals surface area contributed by atoms with E-state index in [1.165, 1.54) is 19.2 Å². The minimum Gasteiger partial charge on any atom is -0.497 e. The van der Waals surface area contributed by atoms with Crippen LogP contribution in [0.25, 0.3) is 0 Å². The Morgan fingerprint density at radius 2 is 1.75 bits per heavy atom. The van der Waals surface area contributed by atoms with E-state index in [0.717, 1.165) is 17.7 Å². The van der Waals surface area contributed by atoms with Gasteiger partial charge >= 0.3 is 0 Å². The molecule has 2 rings (SSSR count). The molecule has 5 heteroatoms. The Balaban J connectivity index is 2.50.